The van der Waals surface area contributed by atoms with Crippen molar-refractivity contribution in [1.82, 2.24) is 9.88 Å². The molecule has 2 aliphatic heterocycles. The van der Waals surface area contributed by atoms with Crippen molar-refractivity contribution in [3.05, 3.63) is 82.1 Å². The number of fused-ring (bicyclic) bond motifs is 1. The molecule has 3 atom stereocenters. The molecule has 2 fully saturated rings. The molecule has 256 valence electrons. The summed E-state index contributed by atoms with van der Waals surface area (Å²) in [4.78, 5) is 18.7. The molecule has 0 spiro atoms. The Morgan fingerprint density at radius 2 is 1.60 bits per heavy atom. The van der Waals surface area contributed by atoms with E-state index in [0.717, 1.165) is 23.8 Å². The highest BCUT2D eigenvalue weighted by atomic mass is 19.4. The predicted octanol–water partition coefficient (Wildman–Crippen LogP) is 10.3. The summed E-state index contributed by atoms with van der Waals surface area (Å²) in [5, 5.41) is 0. The van der Waals surface area contributed by atoms with Crippen LogP contribution in [0.2, 0.25) is 0 Å². The Morgan fingerprint density at radius 3 is 2.17 bits per heavy atom. The van der Waals surface area contributed by atoms with E-state index >= 15 is 0 Å². The maximum absolute atomic E-state index is 13.9. The van der Waals surface area contributed by atoms with Crippen LogP contribution in [0.3, 0.4) is 0 Å². The number of hydrogen-bond donors (Lipinski definition) is 0. The van der Waals surface area contributed by atoms with Crippen molar-refractivity contribution in [2.45, 2.75) is 89.6 Å². The van der Waals surface area contributed by atoms with Crippen LogP contribution in [0.1, 0.15) is 75.6 Å². The van der Waals surface area contributed by atoms with Crippen molar-refractivity contribution in [2.75, 3.05) is 7.11 Å². The molecule has 5 rings (SSSR count). The summed E-state index contributed by atoms with van der Waals surface area (Å²) in [6.45, 7) is 7.80. The number of methoxy groups -OCH3 is 1. The summed E-state index contributed by atoms with van der Waals surface area (Å²) in [5.41, 5.74) is -2.73. The van der Waals surface area contributed by atoms with Crippen molar-refractivity contribution in [2.24, 2.45) is 0 Å². The molecule has 0 N–H and O–H groups in total. The summed E-state index contributed by atoms with van der Waals surface area (Å²) >= 11 is 0. The number of alkyl halides is 9. The van der Waals surface area contributed by atoms with Crippen LogP contribution in [0.5, 0.6) is 5.88 Å². The minimum absolute atomic E-state index is 0.0000730. The first kappa shape index (κ1) is 35.9. The van der Waals surface area contributed by atoms with E-state index in [1.165, 1.54) is 18.1 Å². The van der Waals surface area contributed by atoms with Crippen LogP contribution < -0.4 is 4.74 Å². The monoisotopic (exact) mass is 676 g/mol. The maximum Gasteiger partial charge on any atom is 0.416 e. The number of carbonyl (C=O) groups is 1. The number of hydrogen-bond acceptors (Lipinski definition) is 4. The molecule has 14 heteroatoms. The summed E-state index contributed by atoms with van der Waals surface area (Å²) < 4.78 is 134. The van der Waals surface area contributed by atoms with Gasteiger partial charge < -0.3 is 9.47 Å². The first-order chi connectivity index (χ1) is 21.9. The van der Waals surface area contributed by atoms with Gasteiger partial charge in [-0.15, -0.1) is 0 Å². The number of halogens is 9. The molecular weight excluding hydrogens is 643 g/mol. The molecule has 1 aliphatic carbocycles. The number of nitrogens with zero attached hydrogens (tertiary/aromatic N) is 2. The van der Waals surface area contributed by atoms with E-state index in [9.17, 15) is 44.3 Å². The Balaban J connectivity index is 0.00000245. The van der Waals surface area contributed by atoms with E-state index in [4.69, 9.17) is 9.47 Å². The SMILES string of the molecule is CC.COc1ncc(C(C)C)cc1-c1ccc(C(F)(F)F)cc1[C@@H]1CCC2[C@@H](C3=CCC(C(F)(F)F)=CC(C(F)(F)F)=C3)OC(=O)N21. The fraction of sp³-hybridized carbons (Fsp3) is 0.455. The molecule has 1 aromatic heterocycles. The van der Waals surface area contributed by atoms with Crippen LogP contribution in [0.15, 0.2) is 65.4 Å². The van der Waals surface area contributed by atoms with Crippen LogP contribution in [0, 0.1) is 0 Å². The summed E-state index contributed by atoms with van der Waals surface area (Å²) in [6, 6.07) is 2.84. The second-order valence-corrected chi connectivity index (χ2v) is 11.3. The van der Waals surface area contributed by atoms with E-state index in [0.29, 0.717) is 17.2 Å². The Hall–Kier alpha value is -3.97. The second kappa shape index (κ2) is 13.3. The molecule has 2 aromatic rings. The molecule has 3 aliphatic rings. The van der Waals surface area contributed by atoms with Crippen LogP contribution in [-0.4, -0.2) is 47.6 Å². The van der Waals surface area contributed by atoms with E-state index in [-0.39, 0.29) is 41.9 Å². The Bertz CT molecular complexity index is 1590. The van der Waals surface area contributed by atoms with Gasteiger partial charge in [-0.3, -0.25) is 4.90 Å². The highest BCUT2D eigenvalue weighted by Gasteiger charge is 2.52. The Kier molecular flexibility index (Phi) is 10.1. The Morgan fingerprint density at radius 1 is 0.915 bits per heavy atom. The lowest BCUT2D eigenvalue weighted by Gasteiger charge is -2.26. The van der Waals surface area contributed by atoms with Gasteiger partial charge in [-0.2, -0.15) is 39.5 Å². The van der Waals surface area contributed by atoms with Crippen LogP contribution in [-0.2, 0) is 10.9 Å². The van der Waals surface area contributed by atoms with E-state index in [2.05, 4.69) is 4.98 Å². The number of pyridine rings is 1. The minimum Gasteiger partial charge on any atom is -0.481 e. The lowest BCUT2D eigenvalue weighted by atomic mass is 9.90. The molecule has 1 amide bonds. The number of cyclic esters (lactones) is 1. The number of benzene rings is 1. The third-order valence-corrected chi connectivity index (χ3v) is 8.21. The molecule has 3 heterocycles. The summed E-state index contributed by atoms with van der Waals surface area (Å²) in [6.07, 6.45) is -14.9. The number of aromatic nitrogens is 1. The lowest BCUT2D eigenvalue weighted by Crippen LogP contribution is -2.33. The van der Waals surface area contributed by atoms with Crippen molar-refractivity contribution in [1.29, 1.82) is 0 Å². The largest absolute Gasteiger partial charge is 0.481 e. The zero-order valence-electron chi connectivity index (χ0n) is 26.1. The van der Waals surface area contributed by atoms with Crippen LogP contribution >= 0.6 is 0 Å². The van der Waals surface area contributed by atoms with Gasteiger partial charge in [0.1, 0.15) is 6.10 Å². The zero-order valence-corrected chi connectivity index (χ0v) is 26.1. The molecule has 0 radical (unpaired) electrons. The number of carbonyl (C=O) groups excluding carboxylic acids is 1. The summed E-state index contributed by atoms with van der Waals surface area (Å²) in [7, 11) is 1.35. The first-order valence-electron chi connectivity index (χ1n) is 14.9. The highest BCUT2D eigenvalue weighted by molar-refractivity contribution is 5.77. The topological polar surface area (TPSA) is 51.7 Å². The van der Waals surface area contributed by atoms with Gasteiger partial charge in [-0.05, 0) is 77.8 Å². The number of rotatable bonds is 5. The molecule has 2 saturated heterocycles. The van der Waals surface area contributed by atoms with Crippen molar-refractivity contribution >= 4 is 6.09 Å². The number of ether oxygens (including phenoxy) is 2. The highest BCUT2D eigenvalue weighted by Crippen LogP contribution is 2.49. The Labute approximate surface area is 265 Å². The zero-order chi connectivity index (χ0) is 35.1. The average Bonchev–Trinajstić information content (AvgIpc) is 3.47. The van der Waals surface area contributed by atoms with E-state index in [1.54, 1.807) is 12.3 Å². The van der Waals surface area contributed by atoms with Crippen molar-refractivity contribution in [3.8, 4) is 17.0 Å². The van der Waals surface area contributed by atoms with Gasteiger partial charge in [-0.25, -0.2) is 9.78 Å². The van der Waals surface area contributed by atoms with Gasteiger partial charge in [0.05, 0.1) is 30.3 Å². The smallest absolute Gasteiger partial charge is 0.416 e. The standard InChI is InChI=1S/C31H27F9N2O3.C2H6/c1-15(2)17-11-23(27(44-3)41-14-17)21-7-6-19(30(35,36)37)13-22(21)24-8-9-25-26(45-28(43)42(24)25)16-4-5-18(29(32,33)34)12-20(10-16)31(38,39)40;1-2/h4,6-7,10-15,24-26H,5,8-9H2,1-3H3;1-2H3/t24-,25?,26+;/m0./s1. The normalized spacial score (nSPS) is 21.7. The quantitative estimate of drug-likeness (QED) is 0.296. The van der Waals surface area contributed by atoms with Gasteiger partial charge in [-0.1, -0.05) is 39.8 Å². The van der Waals surface area contributed by atoms with Crippen molar-refractivity contribution in [3.63, 3.8) is 0 Å². The molecule has 47 heavy (non-hydrogen) atoms. The molecular formula is C33H33F9N2O3. The van der Waals surface area contributed by atoms with E-state index < -0.39 is 65.9 Å². The second-order valence-electron chi connectivity index (χ2n) is 11.3. The van der Waals surface area contributed by atoms with Gasteiger partial charge in [0, 0.05) is 17.3 Å². The third-order valence-electron chi connectivity index (χ3n) is 8.21. The third kappa shape index (κ3) is 7.30. The predicted molar refractivity (Wildman–Crippen MR) is 156 cm³/mol. The molecule has 5 nitrogen and oxygen atoms in total. The fourth-order valence-electron chi connectivity index (χ4n) is 5.96. The first-order valence-corrected chi connectivity index (χ1v) is 14.9. The minimum atomic E-state index is -5.13. The molecule has 1 aromatic carbocycles. The summed E-state index contributed by atoms with van der Waals surface area (Å²) in [5.74, 6) is 0.123. The fourth-order valence-corrected chi connectivity index (χ4v) is 5.96. The van der Waals surface area contributed by atoms with Gasteiger partial charge >= 0.3 is 24.6 Å². The van der Waals surface area contributed by atoms with Gasteiger partial charge in [0.15, 0.2) is 0 Å². The molecule has 1 unspecified atom stereocenters. The van der Waals surface area contributed by atoms with Crippen molar-refractivity contribution < 1.29 is 53.8 Å². The molecule has 0 saturated carbocycles. The molecule has 0 bridgehead atoms. The number of allylic oxidation sites excluding steroid dienone is 4. The van der Waals surface area contributed by atoms with E-state index in [1.807, 2.05) is 27.7 Å². The van der Waals surface area contributed by atoms with Crippen LogP contribution in [0.25, 0.3) is 11.1 Å². The van der Waals surface area contributed by atoms with Gasteiger partial charge in [0.25, 0.3) is 0 Å². The average molecular weight is 677 g/mol. The number of amides is 1. The maximum atomic E-state index is 13.9. The van der Waals surface area contributed by atoms with Gasteiger partial charge in [0.2, 0.25) is 5.88 Å². The van der Waals surface area contributed by atoms with Crippen LogP contribution in [0.4, 0.5) is 44.3 Å². The lowest BCUT2D eigenvalue weighted by molar-refractivity contribution is -0.137.